The molecule has 0 saturated carbocycles. The molecule has 0 amide bonds. The van der Waals surface area contributed by atoms with E-state index in [4.69, 9.17) is 28.4 Å². The van der Waals surface area contributed by atoms with Crippen molar-refractivity contribution in [1.82, 2.24) is 0 Å². The van der Waals surface area contributed by atoms with E-state index in [0.29, 0.717) is 56.7 Å². The molecule has 0 radical (unpaired) electrons. The maximum atomic E-state index is 10.7. The lowest BCUT2D eigenvalue weighted by Gasteiger charge is -2.40. The van der Waals surface area contributed by atoms with Crippen LogP contribution in [0.5, 0.6) is 0 Å². The van der Waals surface area contributed by atoms with Crippen LogP contribution in [0.25, 0.3) is 0 Å². The lowest BCUT2D eigenvalue weighted by molar-refractivity contribution is -0.306. The molecule has 2 aliphatic heterocycles. The smallest absolute Gasteiger partial charge is 0.186 e. The first-order valence-corrected chi connectivity index (χ1v) is 45.3. The van der Waals surface area contributed by atoms with E-state index in [0.717, 1.165) is 103 Å². The summed E-state index contributed by atoms with van der Waals surface area (Å²) in [6.45, 7) is 42.5. The monoisotopic (exact) mass is 1460 g/mol. The second-order valence-corrected chi connectivity index (χ2v) is 37.5. The highest BCUT2D eigenvalue weighted by Crippen LogP contribution is 2.32. The van der Waals surface area contributed by atoms with Crippen molar-refractivity contribution in [2.45, 2.75) is 436 Å². The summed E-state index contributed by atoms with van der Waals surface area (Å²) in [6, 6.07) is 0. The summed E-state index contributed by atoms with van der Waals surface area (Å²) in [5.41, 5.74) is 0. The van der Waals surface area contributed by atoms with Crippen molar-refractivity contribution in [3.05, 3.63) is 0 Å². The van der Waals surface area contributed by atoms with E-state index < -0.39 is 37.3 Å². The Labute approximate surface area is 641 Å². The number of rotatable bonds is 5. The van der Waals surface area contributed by atoms with Gasteiger partial charge in [0.05, 0.1) is 33.0 Å². The minimum atomic E-state index is -1.48. The number of aliphatic hydroxyl groups is 5. The Kier molecular flexibility index (Phi) is 60.4. The molecular weight excluding hydrogens is 1280 g/mol. The van der Waals surface area contributed by atoms with Gasteiger partial charge in [0, 0.05) is 26.4 Å². The van der Waals surface area contributed by atoms with Crippen LogP contribution in [0.3, 0.4) is 0 Å². The van der Waals surface area contributed by atoms with Gasteiger partial charge in [-0.05, 0) is 120 Å². The Bertz CT molecular complexity index is 1840. The summed E-state index contributed by atoms with van der Waals surface area (Å²) in [5, 5.41) is 51.3. The van der Waals surface area contributed by atoms with Gasteiger partial charge < -0.3 is 54.0 Å². The van der Waals surface area contributed by atoms with E-state index in [2.05, 4.69) is 111 Å². The summed E-state index contributed by atoms with van der Waals surface area (Å²) in [7, 11) is 0. The Morgan fingerprint density at radius 1 is 0.243 bits per heavy atom. The van der Waals surface area contributed by atoms with Gasteiger partial charge in [-0.25, -0.2) is 0 Å². The predicted molar refractivity (Wildman–Crippen MR) is 438 cm³/mol. The van der Waals surface area contributed by atoms with E-state index in [-0.39, 0.29) is 25.4 Å². The fourth-order valence-corrected chi connectivity index (χ4v) is 16.8. The van der Waals surface area contributed by atoms with Crippen LogP contribution < -0.4 is 0 Å². The molecule has 23 atom stereocenters. The maximum Gasteiger partial charge on any atom is 0.186 e. The summed E-state index contributed by atoms with van der Waals surface area (Å²) < 4.78 is 36.6. The molecule has 0 aliphatic carbocycles. The van der Waals surface area contributed by atoms with Crippen molar-refractivity contribution >= 4 is 0 Å². The Balaban J connectivity index is 1.84. The zero-order valence-electron chi connectivity index (χ0n) is 71.4. The van der Waals surface area contributed by atoms with Crippen molar-refractivity contribution in [2.24, 2.45) is 94.7 Å². The van der Waals surface area contributed by atoms with E-state index in [1.54, 1.807) is 0 Å². The molecule has 5 N–H and O–H groups in total. The summed E-state index contributed by atoms with van der Waals surface area (Å²) in [5.74, 6) is 12.2. The third kappa shape index (κ3) is 54.0. The molecular formula is C92H182O11. The van der Waals surface area contributed by atoms with Crippen LogP contribution in [-0.2, 0) is 28.4 Å². The van der Waals surface area contributed by atoms with Crippen LogP contribution in [0.1, 0.15) is 393 Å². The van der Waals surface area contributed by atoms with Gasteiger partial charge in [-0.15, -0.1) is 0 Å². The molecule has 2 fully saturated rings. The summed E-state index contributed by atoms with van der Waals surface area (Å²) >= 11 is 0. The fraction of sp³-hybridized carbons (Fsp3) is 1.00. The highest BCUT2D eigenvalue weighted by atomic mass is 16.7. The molecule has 616 valence electrons. The maximum absolute atomic E-state index is 10.7. The Morgan fingerprint density at radius 3 is 0.699 bits per heavy atom. The summed E-state index contributed by atoms with van der Waals surface area (Å²) in [4.78, 5) is 0. The number of hydrogen-bond acceptors (Lipinski definition) is 11. The van der Waals surface area contributed by atoms with Gasteiger partial charge in [0.25, 0.3) is 0 Å². The first-order valence-electron chi connectivity index (χ1n) is 45.3. The molecule has 0 spiro atoms. The van der Waals surface area contributed by atoms with Crippen LogP contribution >= 0.6 is 0 Å². The molecule has 2 saturated heterocycles. The molecule has 0 aromatic heterocycles. The van der Waals surface area contributed by atoms with E-state index in [9.17, 15) is 25.5 Å². The lowest BCUT2D eigenvalue weighted by atomic mass is 9.88. The number of hydrogen-bond donors (Lipinski definition) is 5. The molecule has 0 bridgehead atoms. The summed E-state index contributed by atoms with van der Waals surface area (Å²) in [6.07, 6.45) is 50.6. The average molecular weight is 1460 g/mol. The Morgan fingerprint density at radius 2 is 0.456 bits per heavy atom. The van der Waals surface area contributed by atoms with E-state index in [1.165, 1.54) is 257 Å². The van der Waals surface area contributed by atoms with Crippen LogP contribution in [0.15, 0.2) is 0 Å². The van der Waals surface area contributed by atoms with Crippen LogP contribution in [0.4, 0.5) is 0 Å². The molecule has 2 heterocycles. The van der Waals surface area contributed by atoms with Gasteiger partial charge in [0.1, 0.15) is 36.6 Å². The topological polar surface area (TPSA) is 157 Å². The minimum absolute atomic E-state index is 0.0332. The van der Waals surface area contributed by atoms with Crippen molar-refractivity contribution in [2.75, 3.05) is 59.5 Å². The highest BCUT2D eigenvalue weighted by molar-refractivity contribution is 4.89. The van der Waals surface area contributed by atoms with Crippen molar-refractivity contribution in [3.63, 3.8) is 0 Å². The quantitative estimate of drug-likeness (QED) is 0.179. The minimum Gasteiger partial charge on any atom is -0.394 e. The molecule has 0 aromatic rings. The number of aliphatic hydroxyl groups excluding tert-OH is 5. The van der Waals surface area contributed by atoms with Gasteiger partial charge in [-0.2, -0.15) is 0 Å². The van der Waals surface area contributed by atoms with Gasteiger partial charge in [0.15, 0.2) is 6.29 Å². The number of ether oxygens (including phenoxy) is 6. The van der Waals surface area contributed by atoms with Crippen molar-refractivity contribution in [1.29, 1.82) is 0 Å². The second kappa shape index (κ2) is 63.1. The van der Waals surface area contributed by atoms with E-state index in [1.807, 2.05) is 0 Å². The SMILES string of the molecule is CC1CCCC(C)CCCC(C)CCC(C)CCCC(C)CCCC(C)CCCC(C)CCOC(CO[C@H]2O[C@H](CO)[C@@H](O)[C@H](O)[C@H]2O)COCCC(C)CCCC(C)CCCC(C)CCCC(C)CCC(C)CCCC(C)CCCC(C)CCCC(C)CCOC(CO)COCCC(C)CCC1. The molecule has 11 heteroatoms. The molecule has 103 heavy (non-hydrogen) atoms. The standard InChI is InChI=1S/C92H182O11/c1-70-29-17-33-74(5)41-25-49-82(13)57-61-98-67-86(65-93)100-63-59-84(15)51-27-43-76(7)35-19-31-72(3)39-23-47-80(11)55-53-79(10)46-22-38-71(2)30-18-34-75(6)42-26-50-83(14)58-62-99-68-87(69-102-92-91(97)90(96)89(95)88(66-94)103-92)101-64-60-85(16)52-28-44-77(8)36-20-32-73(4)40-24-48-81(12)56-54-78(9)45-21-37-70/h70-97H,17-69H2,1-16H3/t70?,71?,72?,73?,74?,75?,76?,77?,78?,79?,80?,81?,82?,83?,84?,85?,86?,87?,88-,89-,90+,91-,92+/m1/s1. The van der Waals surface area contributed by atoms with Crippen LogP contribution in [0.2, 0.25) is 0 Å². The zero-order valence-corrected chi connectivity index (χ0v) is 71.4. The molecule has 0 aromatic carbocycles. The van der Waals surface area contributed by atoms with Crippen LogP contribution in [-0.4, -0.2) is 128 Å². The van der Waals surface area contributed by atoms with Gasteiger partial charge in [-0.1, -0.05) is 368 Å². The van der Waals surface area contributed by atoms with Gasteiger partial charge >= 0.3 is 0 Å². The first-order chi connectivity index (χ1) is 49.4. The van der Waals surface area contributed by atoms with Crippen LogP contribution in [0, 0.1) is 94.7 Å². The Hall–Kier alpha value is -0.440. The average Bonchev–Trinajstić information content (AvgIpc) is 0.820. The third-order valence-corrected chi connectivity index (χ3v) is 25.6. The van der Waals surface area contributed by atoms with E-state index >= 15 is 0 Å². The fourth-order valence-electron chi connectivity index (χ4n) is 16.8. The van der Waals surface area contributed by atoms with Crippen molar-refractivity contribution < 1.29 is 54.0 Å². The predicted octanol–water partition coefficient (Wildman–Crippen LogP) is 24.0. The van der Waals surface area contributed by atoms with Crippen molar-refractivity contribution in [3.8, 4) is 0 Å². The molecule has 2 aliphatic rings. The molecule has 18 unspecified atom stereocenters. The first kappa shape index (κ1) is 98.6. The van der Waals surface area contributed by atoms with Gasteiger partial charge in [-0.3, -0.25) is 0 Å². The largest absolute Gasteiger partial charge is 0.394 e. The lowest BCUT2D eigenvalue weighted by Crippen LogP contribution is -2.59. The third-order valence-electron chi connectivity index (χ3n) is 25.6. The zero-order chi connectivity index (χ0) is 76.0. The normalized spacial score (nSPS) is 38.0. The molecule has 2 rings (SSSR count). The second-order valence-electron chi connectivity index (χ2n) is 37.5. The van der Waals surface area contributed by atoms with Gasteiger partial charge in [0.2, 0.25) is 0 Å². The molecule has 11 nitrogen and oxygen atoms in total. The highest BCUT2D eigenvalue weighted by Gasteiger charge is 2.44.